The summed E-state index contributed by atoms with van der Waals surface area (Å²) in [6, 6.07) is 13.8. The second-order valence-electron chi connectivity index (χ2n) is 8.49. The van der Waals surface area contributed by atoms with Crippen LogP contribution in [0.2, 0.25) is 10.2 Å². The molecule has 0 saturated carbocycles. The Labute approximate surface area is 234 Å². The van der Waals surface area contributed by atoms with Gasteiger partial charge in [-0.25, -0.2) is 22.8 Å². The first-order chi connectivity index (χ1) is 18.3. The highest BCUT2D eigenvalue weighted by Gasteiger charge is 2.26. The molecule has 0 aliphatic carbocycles. The fraction of sp³-hybridized carbons (Fsp3) is 0.240. The molecule has 1 aliphatic rings. The number of sulfonamides is 1. The zero-order chi connectivity index (χ0) is 26.9. The number of para-hydroxylation sites is 1. The van der Waals surface area contributed by atoms with Crippen molar-refractivity contribution in [3.63, 3.8) is 0 Å². The molecule has 3 heterocycles. The molecule has 198 valence electrons. The Morgan fingerprint density at radius 2 is 1.76 bits per heavy atom. The van der Waals surface area contributed by atoms with E-state index in [-0.39, 0.29) is 4.90 Å². The van der Waals surface area contributed by atoms with E-state index in [1.165, 1.54) is 15.6 Å². The van der Waals surface area contributed by atoms with Gasteiger partial charge in [0.15, 0.2) is 0 Å². The molecule has 0 N–H and O–H groups in total. The van der Waals surface area contributed by atoms with Crippen LogP contribution >= 0.6 is 34.5 Å². The zero-order valence-electron chi connectivity index (χ0n) is 20.6. The smallest absolute Gasteiger partial charge is 0.243 e. The number of hydrogen-bond acceptors (Lipinski definition) is 7. The largest absolute Gasteiger partial charge is 0.379 e. The van der Waals surface area contributed by atoms with Crippen molar-refractivity contribution in [1.29, 1.82) is 0 Å². The van der Waals surface area contributed by atoms with Crippen LogP contribution < -0.4 is 4.80 Å². The molecule has 1 fully saturated rings. The van der Waals surface area contributed by atoms with E-state index < -0.39 is 10.0 Å². The van der Waals surface area contributed by atoms with Crippen LogP contribution in [0.5, 0.6) is 0 Å². The van der Waals surface area contributed by atoms with Gasteiger partial charge < -0.3 is 4.74 Å². The van der Waals surface area contributed by atoms with E-state index in [9.17, 15) is 8.42 Å². The SMILES string of the molecule is Cc1nn(-c2ccccc2Cl)c(Cl)c1C=Nn1c(C)csc1=Nc1ccc(S(=O)(=O)N2CCOCC2)cc1. The molecule has 1 aliphatic heterocycles. The number of ether oxygens (including phenoxy) is 1. The number of aromatic nitrogens is 3. The van der Waals surface area contributed by atoms with Crippen molar-refractivity contribution in [1.82, 2.24) is 18.8 Å². The average molecular weight is 592 g/mol. The number of hydrogen-bond donors (Lipinski definition) is 0. The third-order valence-electron chi connectivity index (χ3n) is 5.95. The number of nitrogens with zero attached hydrogens (tertiary/aromatic N) is 6. The van der Waals surface area contributed by atoms with Crippen LogP contribution in [0.25, 0.3) is 5.69 Å². The number of benzene rings is 2. The minimum absolute atomic E-state index is 0.229. The van der Waals surface area contributed by atoms with E-state index in [0.29, 0.717) is 63.9 Å². The monoisotopic (exact) mass is 590 g/mol. The van der Waals surface area contributed by atoms with Gasteiger partial charge >= 0.3 is 0 Å². The quantitative estimate of drug-likeness (QED) is 0.302. The first-order valence-electron chi connectivity index (χ1n) is 11.7. The molecule has 0 unspecified atom stereocenters. The molecule has 2 aromatic heterocycles. The van der Waals surface area contributed by atoms with Crippen LogP contribution in [0.3, 0.4) is 0 Å². The van der Waals surface area contributed by atoms with E-state index in [0.717, 1.165) is 5.69 Å². The maximum Gasteiger partial charge on any atom is 0.243 e. The van der Waals surface area contributed by atoms with Gasteiger partial charge in [0.1, 0.15) is 5.15 Å². The summed E-state index contributed by atoms with van der Waals surface area (Å²) in [4.78, 5) is 5.54. The van der Waals surface area contributed by atoms with Crippen molar-refractivity contribution in [2.24, 2.45) is 10.1 Å². The first-order valence-corrected chi connectivity index (χ1v) is 14.8. The molecule has 5 rings (SSSR count). The fourth-order valence-electron chi connectivity index (χ4n) is 3.90. The Morgan fingerprint density at radius 1 is 1.05 bits per heavy atom. The summed E-state index contributed by atoms with van der Waals surface area (Å²) in [7, 11) is -3.57. The predicted octanol–water partition coefficient (Wildman–Crippen LogP) is 4.79. The molecule has 4 aromatic rings. The molecule has 2 aromatic carbocycles. The molecule has 0 spiro atoms. The molecule has 1 saturated heterocycles. The van der Waals surface area contributed by atoms with E-state index in [1.54, 1.807) is 45.9 Å². The standard InChI is InChI=1S/C25H24Cl2N6O3S2/c1-17-16-37-25(29-19-7-9-20(10-8-19)38(34,35)31-11-13-36-14-12-31)32(17)28-15-21-18(2)30-33(24(21)27)23-6-4-3-5-22(23)26/h3-10,15-16H,11-14H2,1-2H3. The lowest BCUT2D eigenvalue weighted by Gasteiger charge is -2.26. The van der Waals surface area contributed by atoms with Crippen LogP contribution in [-0.2, 0) is 14.8 Å². The molecule has 0 amide bonds. The molecule has 38 heavy (non-hydrogen) atoms. The number of thiazole rings is 1. The topological polar surface area (TPSA) is 94.1 Å². The van der Waals surface area contributed by atoms with E-state index in [2.05, 4.69) is 15.2 Å². The lowest BCUT2D eigenvalue weighted by molar-refractivity contribution is 0.0730. The molecule has 9 nitrogen and oxygen atoms in total. The van der Waals surface area contributed by atoms with Crippen molar-refractivity contribution < 1.29 is 13.2 Å². The van der Waals surface area contributed by atoms with Crippen molar-refractivity contribution in [2.75, 3.05) is 26.3 Å². The lowest BCUT2D eigenvalue weighted by atomic mass is 10.3. The summed E-state index contributed by atoms with van der Waals surface area (Å²) in [5.41, 5.74) is 3.52. The summed E-state index contributed by atoms with van der Waals surface area (Å²) in [6.45, 7) is 5.27. The molecule has 0 atom stereocenters. The Balaban J connectivity index is 1.43. The minimum atomic E-state index is -3.57. The fourth-order valence-corrected chi connectivity index (χ4v) is 6.66. The number of aryl methyl sites for hydroxylation is 2. The molecular weight excluding hydrogens is 567 g/mol. The van der Waals surface area contributed by atoms with E-state index in [4.69, 9.17) is 27.9 Å². The predicted molar refractivity (Wildman–Crippen MR) is 150 cm³/mol. The third kappa shape index (κ3) is 5.35. The highest BCUT2D eigenvalue weighted by molar-refractivity contribution is 7.89. The second-order valence-corrected chi connectivity index (χ2v) is 12.0. The number of halogens is 2. The summed E-state index contributed by atoms with van der Waals surface area (Å²) < 4.78 is 35.8. The van der Waals surface area contributed by atoms with Gasteiger partial charge in [-0.15, -0.1) is 11.3 Å². The summed E-state index contributed by atoms with van der Waals surface area (Å²) >= 11 is 14.4. The molecule has 0 bridgehead atoms. The minimum Gasteiger partial charge on any atom is -0.379 e. The molecular formula is C25H24Cl2N6O3S2. The van der Waals surface area contributed by atoms with Gasteiger partial charge in [0.25, 0.3) is 0 Å². The van der Waals surface area contributed by atoms with Crippen molar-refractivity contribution in [3.8, 4) is 5.69 Å². The van der Waals surface area contributed by atoms with E-state index in [1.807, 2.05) is 37.4 Å². The van der Waals surface area contributed by atoms with Gasteiger partial charge in [-0.3, -0.25) is 0 Å². The summed E-state index contributed by atoms with van der Waals surface area (Å²) in [5.74, 6) is 0. The van der Waals surface area contributed by atoms with Crippen LogP contribution in [0.1, 0.15) is 17.0 Å². The van der Waals surface area contributed by atoms with Crippen LogP contribution in [0.4, 0.5) is 5.69 Å². The van der Waals surface area contributed by atoms with Crippen LogP contribution in [0, 0.1) is 13.8 Å². The molecule has 0 radical (unpaired) electrons. The zero-order valence-corrected chi connectivity index (χ0v) is 23.7. The Bertz CT molecular complexity index is 1670. The Morgan fingerprint density at radius 3 is 2.47 bits per heavy atom. The Kier molecular flexibility index (Phi) is 7.85. The Hall–Kier alpha value is -2.80. The lowest BCUT2D eigenvalue weighted by Crippen LogP contribution is -2.40. The number of morpholine rings is 1. The van der Waals surface area contributed by atoms with Crippen LogP contribution in [0.15, 0.2) is 68.9 Å². The van der Waals surface area contributed by atoms with Gasteiger partial charge in [0, 0.05) is 18.5 Å². The normalized spacial score (nSPS) is 15.5. The first kappa shape index (κ1) is 26.8. The van der Waals surface area contributed by atoms with Gasteiger partial charge in [0.2, 0.25) is 14.8 Å². The van der Waals surface area contributed by atoms with Gasteiger partial charge in [0.05, 0.1) is 57.7 Å². The summed E-state index contributed by atoms with van der Waals surface area (Å²) in [5, 5.41) is 12.0. The third-order valence-corrected chi connectivity index (χ3v) is 9.48. The van der Waals surface area contributed by atoms with Crippen molar-refractivity contribution in [2.45, 2.75) is 18.7 Å². The molecule has 13 heteroatoms. The van der Waals surface area contributed by atoms with Gasteiger partial charge in [-0.2, -0.15) is 14.5 Å². The maximum absolute atomic E-state index is 12.9. The van der Waals surface area contributed by atoms with Gasteiger partial charge in [-0.1, -0.05) is 35.3 Å². The summed E-state index contributed by atoms with van der Waals surface area (Å²) in [6.07, 6.45) is 1.65. The average Bonchev–Trinajstić information content (AvgIpc) is 3.41. The number of rotatable bonds is 6. The van der Waals surface area contributed by atoms with E-state index >= 15 is 0 Å². The highest BCUT2D eigenvalue weighted by atomic mass is 35.5. The van der Waals surface area contributed by atoms with Crippen molar-refractivity contribution >= 4 is 56.5 Å². The second kappa shape index (κ2) is 11.1. The van der Waals surface area contributed by atoms with Crippen LogP contribution in [-0.4, -0.2) is 59.7 Å². The highest BCUT2D eigenvalue weighted by Crippen LogP contribution is 2.27. The van der Waals surface area contributed by atoms with Crippen molar-refractivity contribution in [3.05, 3.63) is 85.8 Å². The maximum atomic E-state index is 12.9. The van der Waals surface area contributed by atoms with Gasteiger partial charge in [-0.05, 0) is 50.2 Å².